The lowest BCUT2D eigenvalue weighted by molar-refractivity contribution is 0.812. The minimum atomic E-state index is -0.125. The first-order chi connectivity index (χ1) is 9.79. The first-order valence-electron chi connectivity index (χ1n) is 6.90. The van der Waals surface area contributed by atoms with Crippen LogP contribution in [0, 0.1) is 27.7 Å². The minimum Gasteiger partial charge on any atom is -0.377 e. The molecule has 0 fully saturated rings. The SMILES string of the molecule is Cc1cc(C)c(NC(C)c2c(C)nc(C)[nH]c2=O)c(Br)c1. The monoisotopic (exact) mass is 349 g/mol. The molecular weight excluding hydrogens is 330 g/mol. The molecular formula is C16H20BrN3O. The molecule has 4 nitrogen and oxygen atoms in total. The molecule has 1 unspecified atom stereocenters. The molecule has 0 aliphatic heterocycles. The highest BCUT2D eigenvalue weighted by Gasteiger charge is 2.16. The van der Waals surface area contributed by atoms with Crippen molar-refractivity contribution >= 4 is 21.6 Å². The number of aromatic nitrogens is 2. The highest BCUT2D eigenvalue weighted by atomic mass is 79.9. The van der Waals surface area contributed by atoms with Crippen LogP contribution in [0.3, 0.4) is 0 Å². The number of hydrogen-bond donors (Lipinski definition) is 2. The van der Waals surface area contributed by atoms with Gasteiger partial charge in [-0.15, -0.1) is 0 Å². The number of H-pyrrole nitrogens is 1. The van der Waals surface area contributed by atoms with E-state index in [-0.39, 0.29) is 11.6 Å². The fraction of sp³-hybridized carbons (Fsp3) is 0.375. The van der Waals surface area contributed by atoms with Gasteiger partial charge in [0.15, 0.2) is 0 Å². The Morgan fingerprint density at radius 3 is 2.48 bits per heavy atom. The Balaban J connectivity index is 2.40. The van der Waals surface area contributed by atoms with Gasteiger partial charge in [0.25, 0.3) is 5.56 Å². The fourth-order valence-electron chi connectivity index (χ4n) is 2.63. The van der Waals surface area contributed by atoms with Crippen LogP contribution in [-0.4, -0.2) is 9.97 Å². The van der Waals surface area contributed by atoms with Crippen molar-refractivity contribution in [2.24, 2.45) is 0 Å². The molecule has 21 heavy (non-hydrogen) atoms. The lowest BCUT2D eigenvalue weighted by Gasteiger charge is -2.20. The molecule has 0 saturated heterocycles. The zero-order chi connectivity index (χ0) is 15.7. The molecule has 2 rings (SSSR count). The van der Waals surface area contributed by atoms with E-state index in [1.807, 2.05) is 13.8 Å². The molecule has 1 heterocycles. The Morgan fingerprint density at radius 1 is 1.24 bits per heavy atom. The number of nitrogens with zero attached hydrogens (tertiary/aromatic N) is 1. The molecule has 0 aliphatic carbocycles. The summed E-state index contributed by atoms with van der Waals surface area (Å²) in [6.07, 6.45) is 0. The van der Waals surface area contributed by atoms with E-state index in [1.54, 1.807) is 6.92 Å². The van der Waals surface area contributed by atoms with Crippen molar-refractivity contribution in [3.05, 3.63) is 55.2 Å². The van der Waals surface area contributed by atoms with Gasteiger partial charge >= 0.3 is 0 Å². The predicted octanol–water partition coefficient (Wildman–Crippen LogP) is 3.94. The highest BCUT2D eigenvalue weighted by Crippen LogP contribution is 2.30. The van der Waals surface area contributed by atoms with Gasteiger partial charge in [-0.25, -0.2) is 4.98 Å². The Morgan fingerprint density at radius 2 is 1.90 bits per heavy atom. The third kappa shape index (κ3) is 3.35. The molecule has 0 saturated carbocycles. The molecule has 2 N–H and O–H groups in total. The number of aryl methyl sites for hydroxylation is 4. The summed E-state index contributed by atoms with van der Waals surface area (Å²) < 4.78 is 1.00. The summed E-state index contributed by atoms with van der Waals surface area (Å²) in [5.74, 6) is 0.640. The van der Waals surface area contributed by atoms with E-state index in [2.05, 4.69) is 57.2 Å². The van der Waals surface area contributed by atoms with Crippen molar-refractivity contribution in [3.63, 3.8) is 0 Å². The van der Waals surface area contributed by atoms with Crippen LogP contribution in [0.1, 0.15) is 41.2 Å². The van der Waals surface area contributed by atoms with Crippen LogP contribution in [0.25, 0.3) is 0 Å². The Bertz CT molecular complexity index is 714. The van der Waals surface area contributed by atoms with Gasteiger partial charge in [-0.2, -0.15) is 0 Å². The van der Waals surface area contributed by atoms with E-state index in [0.717, 1.165) is 21.4 Å². The van der Waals surface area contributed by atoms with Crippen molar-refractivity contribution in [1.29, 1.82) is 0 Å². The Labute approximate surface area is 133 Å². The van der Waals surface area contributed by atoms with Crippen molar-refractivity contribution in [3.8, 4) is 0 Å². The van der Waals surface area contributed by atoms with Gasteiger partial charge in [-0.1, -0.05) is 6.07 Å². The lowest BCUT2D eigenvalue weighted by atomic mass is 10.1. The number of aromatic amines is 1. The number of rotatable bonds is 3. The van der Waals surface area contributed by atoms with Crippen LogP contribution < -0.4 is 10.9 Å². The van der Waals surface area contributed by atoms with Crippen LogP contribution >= 0.6 is 15.9 Å². The second kappa shape index (κ2) is 6.02. The van der Waals surface area contributed by atoms with E-state index in [9.17, 15) is 4.79 Å². The minimum absolute atomic E-state index is 0.0825. The van der Waals surface area contributed by atoms with Gasteiger partial charge < -0.3 is 10.3 Å². The van der Waals surface area contributed by atoms with Gasteiger partial charge in [0.2, 0.25) is 0 Å². The summed E-state index contributed by atoms with van der Waals surface area (Å²) in [5, 5.41) is 3.42. The highest BCUT2D eigenvalue weighted by molar-refractivity contribution is 9.10. The van der Waals surface area contributed by atoms with E-state index >= 15 is 0 Å². The zero-order valence-corrected chi connectivity index (χ0v) is 14.6. The standard InChI is InChI=1S/C16H20BrN3O/c1-8-6-9(2)15(13(17)7-8)19-11(4)14-10(3)18-12(5)20-16(14)21/h6-7,11,19H,1-5H3,(H,18,20,21). The maximum Gasteiger partial charge on any atom is 0.256 e. The fourth-order valence-corrected chi connectivity index (χ4v) is 3.42. The number of anilines is 1. The largest absolute Gasteiger partial charge is 0.377 e. The summed E-state index contributed by atoms with van der Waals surface area (Å²) in [7, 11) is 0. The average Bonchev–Trinajstić information content (AvgIpc) is 2.32. The third-order valence-electron chi connectivity index (χ3n) is 3.49. The summed E-state index contributed by atoms with van der Waals surface area (Å²) in [6, 6.07) is 4.05. The Hall–Kier alpha value is -1.62. The molecule has 112 valence electrons. The number of halogens is 1. The molecule has 0 spiro atoms. The third-order valence-corrected chi connectivity index (χ3v) is 4.12. The summed E-state index contributed by atoms with van der Waals surface area (Å²) in [4.78, 5) is 19.3. The van der Waals surface area contributed by atoms with E-state index < -0.39 is 0 Å². The van der Waals surface area contributed by atoms with Crippen LogP contribution in [-0.2, 0) is 0 Å². The van der Waals surface area contributed by atoms with Crippen molar-refractivity contribution in [2.45, 2.75) is 40.7 Å². The maximum atomic E-state index is 12.2. The van der Waals surface area contributed by atoms with Crippen molar-refractivity contribution in [2.75, 3.05) is 5.32 Å². The van der Waals surface area contributed by atoms with Crippen LogP contribution in [0.4, 0.5) is 5.69 Å². The number of nitrogens with one attached hydrogen (secondary N) is 2. The lowest BCUT2D eigenvalue weighted by Crippen LogP contribution is -2.23. The molecule has 0 bridgehead atoms. The zero-order valence-electron chi connectivity index (χ0n) is 13.0. The molecule has 0 amide bonds. The Kier molecular flexibility index (Phi) is 4.52. The van der Waals surface area contributed by atoms with E-state index in [0.29, 0.717) is 11.4 Å². The molecule has 0 radical (unpaired) electrons. The van der Waals surface area contributed by atoms with Crippen molar-refractivity contribution < 1.29 is 0 Å². The van der Waals surface area contributed by atoms with Gasteiger partial charge in [-0.3, -0.25) is 4.79 Å². The number of benzene rings is 1. The van der Waals surface area contributed by atoms with Gasteiger partial charge in [0.1, 0.15) is 5.82 Å². The molecule has 5 heteroatoms. The molecule has 1 aromatic heterocycles. The average molecular weight is 350 g/mol. The van der Waals surface area contributed by atoms with Gasteiger partial charge in [0.05, 0.1) is 23.0 Å². The molecule has 0 aliphatic rings. The van der Waals surface area contributed by atoms with Crippen LogP contribution in [0.15, 0.2) is 21.4 Å². The molecule has 2 aromatic rings. The van der Waals surface area contributed by atoms with E-state index in [1.165, 1.54) is 5.56 Å². The first kappa shape index (κ1) is 15.8. The first-order valence-corrected chi connectivity index (χ1v) is 7.69. The summed E-state index contributed by atoms with van der Waals surface area (Å²) in [5.41, 5.74) is 4.70. The summed E-state index contributed by atoms with van der Waals surface area (Å²) >= 11 is 3.58. The second-order valence-corrected chi connectivity index (χ2v) is 6.31. The van der Waals surface area contributed by atoms with Crippen molar-refractivity contribution in [1.82, 2.24) is 9.97 Å². The maximum absolute atomic E-state index is 12.2. The quantitative estimate of drug-likeness (QED) is 0.882. The van der Waals surface area contributed by atoms with Crippen LogP contribution in [0.2, 0.25) is 0 Å². The molecule has 1 atom stereocenters. The summed E-state index contributed by atoms with van der Waals surface area (Å²) in [6.45, 7) is 9.74. The normalized spacial score (nSPS) is 12.3. The molecule has 1 aromatic carbocycles. The van der Waals surface area contributed by atoms with Gasteiger partial charge in [0, 0.05) is 4.47 Å². The smallest absolute Gasteiger partial charge is 0.256 e. The topological polar surface area (TPSA) is 57.8 Å². The van der Waals surface area contributed by atoms with Gasteiger partial charge in [-0.05, 0) is 67.7 Å². The van der Waals surface area contributed by atoms with Crippen LogP contribution in [0.5, 0.6) is 0 Å². The second-order valence-electron chi connectivity index (χ2n) is 5.46. The predicted molar refractivity (Wildman–Crippen MR) is 90.0 cm³/mol. The number of hydrogen-bond acceptors (Lipinski definition) is 3. The van der Waals surface area contributed by atoms with E-state index in [4.69, 9.17) is 0 Å².